The fourth-order valence-corrected chi connectivity index (χ4v) is 1.98. The van der Waals surface area contributed by atoms with Crippen molar-refractivity contribution in [3.63, 3.8) is 0 Å². The molecule has 106 valence electrons. The number of hydrogen-bond acceptors (Lipinski definition) is 3. The number of guanidine groups is 1. The molecule has 0 atom stereocenters. The molecule has 1 aromatic carbocycles. The number of hydrogen-bond donors (Lipinski definition) is 3. The van der Waals surface area contributed by atoms with Crippen LogP contribution in [-0.2, 0) is 10.0 Å². The standard InChI is InChI=1S/C12H20N4O2S/c1-2-19(17,18)15-10-6-9-14-12(13)16-11-7-4-3-5-8-11/h3-5,7-8,15H,2,6,9-10H2,1H3,(H3,13,14,16). The number of nitrogens with one attached hydrogen (secondary N) is 2. The first-order valence-corrected chi connectivity index (χ1v) is 7.78. The Hall–Kier alpha value is -1.60. The van der Waals surface area contributed by atoms with Crippen molar-refractivity contribution in [2.45, 2.75) is 13.3 Å². The topological polar surface area (TPSA) is 96.6 Å². The van der Waals surface area contributed by atoms with Gasteiger partial charge in [-0.05, 0) is 25.5 Å². The van der Waals surface area contributed by atoms with Crippen LogP contribution in [0.25, 0.3) is 0 Å². The zero-order chi connectivity index (χ0) is 14.1. The summed E-state index contributed by atoms with van der Waals surface area (Å²) in [6.07, 6.45) is 0.608. The van der Waals surface area contributed by atoms with Crippen molar-refractivity contribution >= 4 is 21.7 Å². The van der Waals surface area contributed by atoms with Crippen molar-refractivity contribution in [1.29, 1.82) is 0 Å². The molecule has 0 aliphatic heterocycles. The molecule has 0 saturated carbocycles. The molecule has 0 unspecified atom stereocenters. The van der Waals surface area contributed by atoms with Crippen LogP contribution in [0, 0.1) is 0 Å². The summed E-state index contributed by atoms with van der Waals surface area (Å²) < 4.78 is 24.8. The van der Waals surface area contributed by atoms with E-state index in [0.29, 0.717) is 25.5 Å². The molecule has 0 aromatic heterocycles. The summed E-state index contributed by atoms with van der Waals surface area (Å²) in [5.74, 6) is 0.415. The Morgan fingerprint density at radius 1 is 1.32 bits per heavy atom. The van der Waals surface area contributed by atoms with Crippen molar-refractivity contribution in [1.82, 2.24) is 4.72 Å². The van der Waals surface area contributed by atoms with Crippen LogP contribution in [0.5, 0.6) is 0 Å². The van der Waals surface area contributed by atoms with Gasteiger partial charge in [-0.1, -0.05) is 18.2 Å². The van der Waals surface area contributed by atoms with Crippen molar-refractivity contribution in [3.05, 3.63) is 30.3 Å². The van der Waals surface area contributed by atoms with Gasteiger partial charge >= 0.3 is 0 Å². The monoisotopic (exact) mass is 284 g/mol. The molecule has 0 aliphatic carbocycles. The molecule has 1 rings (SSSR count). The molecule has 0 fully saturated rings. The minimum atomic E-state index is -3.11. The zero-order valence-electron chi connectivity index (χ0n) is 11.0. The Balaban J connectivity index is 2.26. The van der Waals surface area contributed by atoms with E-state index < -0.39 is 10.0 Å². The van der Waals surface area contributed by atoms with E-state index in [2.05, 4.69) is 15.0 Å². The summed E-state index contributed by atoms with van der Waals surface area (Å²) in [5.41, 5.74) is 6.57. The van der Waals surface area contributed by atoms with Gasteiger partial charge < -0.3 is 11.1 Å². The van der Waals surface area contributed by atoms with E-state index in [9.17, 15) is 8.42 Å². The third kappa shape index (κ3) is 6.78. The summed E-state index contributed by atoms with van der Waals surface area (Å²) in [7, 11) is -3.11. The highest BCUT2D eigenvalue weighted by Crippen LogP contribution is 2.03. The second-order valence-corrected chi connectivity index (χ2v) is 6.00. The Morgan fingerprint density at radius 2 is 2.00 bits per heavy atom. The van der Waals surface area contributed by atoms with Crippen molar-refractivity contribution in [2.75, 3.05) is 24.2 Å². The lowest BCUT2D eigenvalue weighted by Crippen LogP contribution is -2.27. The summed E-state index contributed by atoms with van der Waals surface area (Å²) in [6.45, 7) is 2.44. The molecule has 0 bridgehead atoms. The minimum Gasteiger partial charge on any atom is -0.370 e. The number of benzene rings is 1. The first-order valence-electron chi connectivity index (χ1n) is 6.13. The number of rotatable bonds is 7. The lowest BCUT2D eigenvalue weighted by Gasteiger charge is -2.05. The van der Waals surface area contributed by atoms with Gasteiger partial charge in [-0.3, -0.25) is 4.99 Å². The fraction of sp³-hybridized carbons (Fsp3) is 0.417. The quantitative estimate of drug-likeness (QED) is 0.391. The van der Waals surface area contributed by atoms with E-state index in [-0.39, 0.29) is 5.75 Å². The van der Waals surface area contributed by atoms with E-state index in [1.54, 1.807) is 6.92 Å². The van der Waals surface area contributed by atoms with Crippen LogP contribution in [0.2, 0.25) is 0 Å². The number of para-hydroxylation sites is 1. The highest BCUT2D eigenvalue weighted by atomic mass is 32.2. The van der Waals surface area contributed by atoms with Crippen LogP contribution in [0.4, 0.5) is 5.69 Å². The molecular formula is C12H20N4O2S. The molecule has 0 heterocycles. The van der Waals surface area contributed by atoms with Crippen LogP contribution >= 0.6 is 0 Å². The normalized spacial score (nSPS) is 12.4. The van der Waals surface area contributed by atoms with Gasteiger partial charge in [0.05, 0.1) is 5.75 Å². The van der Waals surface area contributed by atoms with Crippen LogP contribution in [0.15, 0.2) is 35.3 Å². The molecule has 0 aliphatic rings. The largest absolute Gasteiger partial charge is 0.370 e. The van der Waals surface area contributed by atoms with E-state index in [1.807, 2.05) is 30.3 Å². The van der Waals surface area contributed by atoms with Crippen molar-refractivity contribution in [2.24, 2.45) is 10.7 Å². The maximum atomic E-state index is 11.2. The average Bonchev–Trinajstić information content (AvgIpc) is 2.39. The van der Waals surface area contributed by atoms with Gasteiger partial charge in [-0.25, -0.2) is 13.1 Å². The SMILES string of the molecule is CCS(=O)(=O)NCCCN=C(N)Nc1ccccc1. The molecule has 7 heteroatoms. The van der Waals surface area contributed by atoms with Gasteiger partial charge in [-0.15, -0.1) is 0 Å². The van der Waals surface area contributed by atoms with Gasteiger partial charge in [0.15, 0.2) is 5.96 Å². The molecule has 1 aromatic rings. The summed E-state index contributed by atoms with van der Waals surface area (Å²) in [6, 6.07) is 9.48. The first kappa shape index (κ1) is 15.5. The molecule has 19 heavy (non-hydrogen) atoms. The smallest absolute Gasteiger partial charge is 0.211 e. The summed E-state index contributed by atoms with van der Waals surface area (Å²) in [5, 5.41) is 2.95. The van der Waals surface area contributed by atoms with Crippen LogP contribution in [-0.4, -0.2) is 33.2 Å². The number of nitrogens with two attached hydrogens (primary N) is 1. The van der Waals surface area contributed by atoms with Crippen LogP contribution in [0.3, 0.4) is 0 Å². The zero-order valence-corrected chi connectivity index (χ0v) is 11.8. The Labute approximate surface area is 114 Å². The molecule has 0 saturated heterocycles. The van der Waals surface area contributed by atoms with E-state index >= 15 is 0 Å². The average molecular weight is 284 g/mol. The highest BCUT2D eigenvalue weighted by Gasteiger charge is 2.03. The molecular weight excluding hydrogens is 264 g/mol. The minimum absolute atomic E-state index is 0.0912. The Kier molecular flexibility index (Phi) is 6.31. The number of anilines is 1. The summed E-state index contributed by atoms with van der Waals surface area (Å²) >= 11 is 0. The van der Waals surface area contributed by atoms with Crippen LogP contribution < -0.4 is 15.8 Å². The predicted molar refractivity (Wildman–Crippen MR) is 78.6 cm³/mol. The van der Waals surface area contributed by atoms with Gasteiger partial charge in [0, 0.05) is 18.8 Å². The predicted octanol–water partition coefficient (Wildman–Crippen LogP) is 0.743. The second kappa shape index (κ2) is 7.75. The van der Waals surface area contributed by atoms with Gasteiger partial charge in [0.2, 0.25) is 10.0 Å². The molecule has 0 radical (unpaired) electrons. The Morgan fingerprint density at radius 3 is 2.63 bits per heavy atom. The highest BCUT2D eigenvalue weighted by molar-refractivity contribution is 7.89. The van der Waals surface area contributed by atoms with Gasteiger partial charge in [0.25, 0.3) is 0 Å². The lowest BCUT2D eigenvalue weighted by molar-refractivity contribution is 0.581. The Bertz CT molecular complexity index is 500. The van der Waals surface area contributed by atoms with Crippen LogP contribution in [0.1, 0.15) is 13.3 Å². The first-order chi connectivity index (χ1) is 9.03. The van der Waals surface area contributed by atoms with Crippen molar-refractivity contribution in [3.8, 4) is 0 Å². The number of sulfonamides is 1. The maximum Gasteiger partial charge on any atom is 0.211 e. The maximum absolute atomic E-state index is 11.2. The molecule has 0 amide bonds. The van der Waals surface area contributed by atoms with Crippen molar-refractivity contribution < 1.29 is 8.42 Å². The summed E-state index contributed by atoms with van der Waals surface area (Å²) in [4.78, 5) is 4.11. The molecule has 4 N–H and O–H groups in total. The molecule has 0 spiro atoms. The van der Waals surface area contributed by atoms with Gasteiger partial charge in [-0.2, -0.15) is 0 Å². The van der Waals surface area contributed by atoms with E-state index in [0.717, 1.165) is 5.69 Å². The third-order valence-corrected chi connectivity index (χ3v) is 3.77. The number of nitrogens with zero attached hydrogens (tertiary/aromatic N) is 1. The van der Waals surface area contributed by atoms with Gasteiger partial charge in [0.1, 0.15) is 0 Å². The third-order valence-electron chi connectivity index (χ3n) is 2.37. The number of aliphatic imine (C=N–C) groups is 1. The molecule has 6 nitrogen and oxygen atoms in total. The van der Waals surface area contributed by atoms with E-state index in [1.165, 1.54) is 0 Å². The second-order valence-electron chi connectivity index (χ2n) is 3.91. The fourth-order valence-electron chi connectivity index (χ4n) is 1.32. The lowest BCUT2D eigenvalue weighted by atomic mass is 10.3. The van der Waals surface area contributed by atoms with E-state index in [4.69, 9.17) is 5.73 Å².